The maximum Gasteiger partial charge on any atom is 0.416 e. The molecule has 0 bridgehead atoms. The molecule has 2 heterocycles. The Bertz CT molecular complexity index is 1390. The number of hydrogen-bond acceptors (Lipinski definition) is 6. The highest BCUT2D eigenvalue weighted by Gasteiger charge is 2.53. The Morgan fingerprint density at radius 1 is 1.02 bits per heavy atom. The average Bonchev–Trinajstić information content (AvgIpc) is 3.20. The summed E-state index contributed by atoms with van der Waals surface area (Å²) in [4.78, 5) is 56.4. The van der Waals surface area contributed by atoms with E-state index >= 15 is 0 Å². The van der Waals surface area contributed by atoms with Gasteiger partial charge in [-0.3, -0.25) is 19.7 Å². The Hall–Kier alpha value is -4.36. The van der Waals surface area contributed by atoms with E-state index in [1.807, 2.05) is 4.90 Å². The molecule has 2 aliphatic heterocycles. The fourth-order valence-corrected chi connectivity index (χ4v) is 5.49. The number of likely N-dealkylation sites (N-methyl/N-ethyl adjacent to an activating group) is 1. The van der Waals surface area contributed by atoms with Crippen molar-refractivity contribution in [3.63, 3.8) is 0 Å². The normalized spacial score (nSPS) is 17.3. The number of methoxy groups -OCH3 is 1. The molecule has 0 aliphatic carbocycles. The number of amides is 4. The van der Waals surface area contributed by atoms with E-state index in [4.69, 9.17) is 0 Å². The van der Waals surface area contributed by atoms with Gasteiger partial charge in [-0.1, -0.05) is 13.8 Å². The van der Waals surface area contributed by atoms with Crippen molar-refractivity contribution in [3.8, 4) is 0 Å². The number of nitrogens with zero attached hydrogens (tertiary/aromatic N) is 3. The quantitative estimate of drug-likeness (QED) is 0.479. The molecule has 1 spiro atoms. The Labute approximate surface area is 245 Å². The number of ether oxygens (including phenoxy) is 1. The summed E-state index contributed by atoms with van der Waals surface area (Å²) >= 11 is 0. The van der Waals surface area contributed by atoms with Crippen LogP contribution in [0.4, 0.5) is 33.7 Å². The maximum atomic E-state index is 14.3. The minimum Gasteiger partial charge on any atom is -0.453 e. The first-order chi connectivity index (χ1) is 20.2. The van der Waals surface area contributed by atoms with E-state index in [1.165, 1.54) is 12.0 Å². The molecule has 2 N–H and O–H groups in total. The van der Waals surface area contributed by atoms with E-state index in [0.29, 0.717) is 30.6 Å². The number of halogens is 4. The van der Waals surface area contributed by atoms with E-state index in [2.05, 4.69) is 15.4 Å². The van der Waals surface area contributed by atoms with Gasteiger partial charge in [0, 0.05) is 31.5 Å². The summed E-state index contributed by atoms with van der Waals surface area (Å²) in [6.07, 6.45) is -4.83. The number of benzene rings is 2. The second-order valence-corrected chi connectivity index (χ2v) is 11.0. The summed E-state index contributed by atoms with van der Waals surface area (Å²) in [6.45, 7) is 3.98. The lowest BCUT2D eigenvalue weighted by atomic mass is 9.85. The van der Waals surface area contributed by atoms with Crippen LogP contribution in [-0.2, 0) is 20.5 Å². The molecule has 2 saturated heterocycles. The molecule has 1 unspecified atom stereocenters. The molecular weight excluding hydrogens is 574 g/mol. The number of carbonyl (C=O) groups excluding carboxylic acids is 4. The van der Waals surface area contributed by atoms with Crippen LogP contribution in [0.5, 0.6) is 0 Å². The van der Waals surface area contributed by atoms with E-state index in [-0.39, 0.29) is 31.8 Å². The number of anilines is 2. The number of alkyl halides is 3. The fourth-order valence-electron chi connectivity index (χ4n) is 5.49. The summed E-state index contributed by atoms with van der Waals surface area (Å²) in [7, 11) is 2.94. The monoisotopic (exact) mass is 607 g/mol. The predicted molar refractivity (Wildman–Crippen MR) is 149 cm³/mol. The van der Waals surface area contributed by atoms with Crippen molar-refractivity contribution in [3.05, 3.63) is 59.4 Å². The van der Waals surface area contributed by atoms with Crippen LogP contribution in [0.2, 0.25) is 0 Å². The largest absolute Gasteiger partial charge is 0.453 e. The van der Waals surface area contributed by atoms with Gasteiger partial charge in [-0.05, 0) is 61.2 Å². The van der Waals surface area contributed by atoms with Gasteiger partial charge in [0.1, 0.15) is 17.4 Å². The van der Waals surface area contributed by atoms with Gasteiger partial charge >= 0.3 is 12.3 Å². The highest BCUT2D eigenvalue weighted by atomic mass is 19.4. The van der Waals surface area contributed by atoms with Crippen LogP contribution >= 0.6 is 0 Å². The van der Waals surface area contributed by atoms with E-state index < -0.39 is 58.5 Å². The third-order valence-electron chi connectivity index (χ3n) is 7.89. The summed E-state index contributed by atoms with van der Waals surface area (Å²) < 4.78 is 58.4. The lowest BCUT2D eigenvalue weighted by Crippen LogP contribution is -2.60. The SMILES string of the molecule is COC(=O)Nc1ccc(N2CN(C)C(=O)C23CCN(C(=O)C(NC(=O)c2cc(C(F)(F)F)ccc2F)C(C)C)CC3)cc1. The first-order valence-corrected chi connectivity index (χ1v) is 13.6. The average molecular weight is 608 g/mol. The molecule has 4 rings (SSSR count). The van der Waals surface area contributed by atoms with Crippen molar-refractivity contribution in [2.24, 2.45) is 5.92 Å². The lowest BCUT2D eigenvalue weighted by Gasteiger charge is -2.44. The summed E-state index contributed by atoms with van der Waals surface area (Å²) in [6, 6.07) is 7.31. The summed E-state index contributed by atoms with van der Waals surface area (Å²) in [5.74, 6) is -3.32. The topological polar surface area (TPSA) is 111 Å². The van der Waals surface area contributed by atoms with Crippen LogP contribution in [0.15, 0.2) is 42.5 Å². The first kappa shape index (κ1) is 31.6. The van der Waals surface area contributed by atoms with Crippen molar-refractivity contribution >= 4 is 35.2 Å². The smallest absolute Gasteiger partial charge is 0.416 e. The summed E-state index contributed by atoms with van der Waals surface area (Å²) in [5, 5.41) is 4.99. The van der Waals surface area contributed by atoms with Crippen LogP contribution in [0.3, 0.4) is 0 Å². The molecule has 0 saturated carbocycles. The number of likely N-dealkylation sites (tertiary alicyclic amines) is 1. The first-order valence-electron chi connectivity index (χ1n) is 13.6. The molecule has 2 aromatic carbocycles. The number of piperidine rings is 1. The zero-order valence-corrected chi connectivity index (χ0v) is 24.1. The van der Waals surface area contributed by atoms with Gasteiger partial charge in [-0.15, -0.1) is 0 Å². The Morgan fingerprint density at radius 3 is 2.21 bits per heavy atom. The molecule has 2 fully saturated rings. The third kappa shape index (κ3) is 6.37. The van der Waals surface area contributed by atoms with E-state index in [0.717, 1.165) is 5.69 Å². The van der Waals surface area contributed by atoms with Gasteiger partial charge in [0.25, 0.3) is 5.91 Å². The zero-order valence-electron chi connectivity index (χ0n) is 24.1. The van der Waals surface area contributed by atoms with Crippen LogP contribution in [0, 0.1) is 11.7 Å². The molecule has 1 atom stereocenters. The molecular formula is C29H33F4N5O5. The van der Waals surface area contributed by atoms with Crippen molar-refractivity contribution in [1.82, 2.24) is 15.1 Å². The Balaban J connectivity index is 1.49. The van der Waals surface area contributed by atoms with Crippen molar-refractivity contribution in [1.29, 1.82) is 0 Å². The number of rotatable bonds is 6. The Morgan fingerprint density at radius 2 is 1.65 bits per heavy atom. The molecule has 0 radical (unpaired) electrons. The molecule has 10 nitrogen and oxygen atoms in total. The van der Waals surface area contributed by atoms with Gasteiger partial charge in [-0.2, -0.15) is 13.2 Å². The highest BCUT2D eigenvalue weighted by Crippen LogP contribution is 2.39. The standard InChI is InChI=1S/C29H33F4N5O5/c1-17(2)23(35-24(39)21-15-18(29(31,32)33)5-10-22(21)30)25(40)37-13-11-28(12-14-37)26(41)36(3)16-38(28)20-8-6-19(7-9-20)34-27(42)43-4/h5-10,15,17,23H,11-14,16H2,1-4H3,(H,34,42)(H,35,39). The van der Waals surface area contributed by atoms with Gasteiger partial charge < -0.3 is 24.8 Å². The minimum atomic E-state index is -4.78. The molecule has 2 aliphatic rings. The lowest BCUT2D eigenvalue weighted by molar-refractivity contribution is -0.139. The molecule has 43 heavy (non-hydrogen) atoms. The van der Waals surface area contributed by atoms with E-state index in [9.17, 15) is 36.7 Å². The number of nitrogens with one attached hydrogen (secondary N) is 2. The zero-order chi connectivity index (χ0) is 31.7. The molecule has 2 aromatic rings. The molecule has 232 valence electrons. The molecule has 0 aromatic heterocycles. The van der Waals surface area contributed by atoms with Crippen LogP contribution in [0.1, 0.15) is 42.6 Å². The second-order valence-electron chi connectivity index (χ2n) is 11.0. The van der Waals surface area contributed by atoms with Gasteiger partial charge in [0.15, 0.2) is 0 Å². The van der Waals surface area contributed by atoms with Crippen molar-refractivity contribution in [2.75, 3.05) is 44.1 Å². The van der Waals surface area contributed by atoms with Crippen LogP contribution in [0.25, 0.3) is 0 Å². The third-order valence-corrected chi connectivity index (χ3v) is 7.89. The molecule has 4 amide bonds. The van der Waals surface area contributed by atoms with Gasteiger partial charge in [0.05, 0.1) is 24.9 Å². The van der Waals surface area contributed by atoms with Crippen molar-refractivity contribution < 1.29 is 41.5 Å². The summed E-state index contributed by atoms with van der Waals surface area (Å²) in [5.41, 5.74) is -1.67. The van der Waals surface area contributed by atoms with Crippen LogP contribution in [-0.4, -0.2) is 79.1 Å². The maximum absolute atomic E-state index is 14.3. The number of hydrogen-bond donors (Lipinski definition) is 2. The van der Waals surface area contributed by atoms with Gasteiger partial charge in [-0.25, -0.2) is 9.18 Å². The van der Waals surface area contributed by atoms with Crippen molar-refractivity contribution in [2.45, 2.75) is 44.4 Å². The second kappa shape index (κ2) is 12.1. The highest BCUT2D eigenvalue weighted by molar-refractivity contribution is 5.98. The van der Waals surface area contributed by atoms with E-state index in [1.54, 1.807) is 50.1 Å². The molecule has 14 heteroatoms. The number of carbonyl (C=O) groups is 4. The fraction of sp³-hybridized carbons (Fsp3) is 0.448. The minimum absolute atomic E-state index is 0.106. The van der Waals surface area contributed by atoms with Crippen LogP contribution < -0.4 is 15.5 Å². The predicted octanol–water partition coefficient (Wildman–Crippen LogP) is 4.07. The van der Waals surface area contributed by atoms with Gasteiger partial charge in [0.2, 0.25) is 11.8 Å². The Kier molecular flexibility index (Phi) is 8.88.